The number of fused-ring (bicyclic) bond motifs is 1. The highest BCUT2D eigenvalue weighted by Crippen LogP contribution is 2.43. The second-order valence-electron chi connectivity index (χ2n) is 8.37. The Kier molecular flexibility index (Phi) is 6.43. The number of nitrogen functional groups attached to an aromatic ring is 1. The first-order valence-electron chi connectivity index (χ1n) is 10.9. The van der Waals surface area contributed by atoms with Crippen LogP contribution >= 0.6 is 0 Å². The second-order valence-corrected chi connectivity index (χ2v) is 8.37. The molecule has 1 saturated heterocycles. The zero-order chi connectivity index (χ0) is 24.6. The quantitative estimate of drug-likeness (QED) is 0.499. The summed E-state index contributed by atoms with van der Waals surface area (Å²) in [6.07, 6.45) is -0.291. The first-order valence-corrected chi connectivity index (χ1v) is 10.9. The van der Waals surface area contributed by atoms with Crippen molar-refractivity contribution in [3.8, 4) is 11.8 Å². The van der Waals surface area contributed by atoms with Crippen LogP contribution in [0.1, 0.15) is 59.7 Å². The Morgan fingerprint density at radius 2 is 2.12 bits per heavy atom. The van der Waals surface area contributed by atoms with Crippen LogP contribution in [0.15, 0.2) is 12.4 Å². The van der Waals surface area contributed by atoms with Gasteiger partial charge in [-0.2, -0.15) is 10.4 Å². The lowest BCUT2D eigenvalue weighted by Gasteiger charge is -2.41. The number of carbonyl (C=O) groups is 1. The summed E-state index contributed by atoms with van der Waals surface area (Å²) in [6.45, 7) is 5.81. The Bertz CT molecular complexity index is 1280. The molecule has 9 nitrogen and oxygen atoms in total. The fraction of sp³-hybridized carbons (Fsp3) is 0.435. The number of alkyl halides is 2. The van der Waals surface area contributed by atoms with Crippen molar-refractivity contribution < 1.29 is 18.3 Å². The molecule has 1 unspecified atom stereocenters. The van der Waals surface area contributed by atoms with Gasteiger partial charge in [0.2, 0.25) is 0 Å². The highest BCUT2D eigenvalue weighted by molar-refractivity contribution is 5.88. The van der Waals surface area contributed by atoms with Crippen LogP contribution in [0.4, 0.5) is 14.6 Å². The minimum atomic E-state index is -2.86. The summed E-state index contributed by atoms with van der Waals surface area (Å²) in [5.74, 6) is 0.635. The number of hydrogen-bond acceptors (Lipinski definition) is 8. The average Bonchev–Trinajstić information content (AvgIpc) is 3.19. The molecule has 4 rings (SSSR count). The van der Waals surface area contributed by atoms with E-state index in [0.717, 1.165) is 30.5 Å². The summed E-state index contributed by atoms with van der Waals surface area (Å²) in [5.41, 5.74) is 8.40. The van der Waals surface area contributed by atoms with Crippen LogP contribution in [-0.4, -0.2) is 57.7 Å². The Morgan fingerprint density at radius 3 is 2.74 bits per heavy atom. The van der Waals surface area contributed by atoms with Crippen molar-refractivity contribution in [1.29, 1.82) is 5.26 Å². The van der Waals surface area contributed by atoms with E-state index in [1.165, 1.54) is 11.0 Å². The van der Waals surface area contributed by atoms with E-state index in [1.807, 2.05) is 6.92 Å². The standard InChI is InChI=1S/C23H25F2N7O2/c1-12-14(8-26)7-16(20(34-3)17(12)15-9-31(10-15)5-4-6-33)13(2)32-23-18(19(30-32)21(24)25)22(27)28-11-29-23/h6-7,11,13,15,21H,4-5,9-10H2,1-3H3,(H2,27,28,29). The Morgan fingerprint density at radius 1 is 1.38 bits per heavy atom. The van der Waals surface area contributed by atoms with Crippen molar-refractivity contribution in [2.75, 3.05) is 32.5 Å². The molecule has 1 aliphatic heterocycles. The predicted molar refractivity (Wildman–Crippen MR) is 121 cm³/mol. The third-order valence-electron chi connectivity index (χ3n) is 6.44. The lowest BCUT2D eigenvalue weighted by Crippen LogP contribution is -2.45. The van der Waals surface area contributed by atoms with Crippen molar-refractivity contribution >= 4 is 23.1 Å². The molecule has 178 valence electrons. The fourth-order valence-electron chi connectivity index (χ4n) is 4.69. The third kappa shape index (κ3) is 3.84. The fourth-order valence-corrected chi connectivity index (χ4v) is 4.69. The van der Waals surface area contributed by atoms with E-state index in [4.69, 9.17) is 10.5 Å². The molecule has 2 N–H and O–H groups in total. The summed E-state index contributed by atoms with van der Waals surface area (Å²) >= 11 is 0. The van der Waals surface area contributed by atoms with E-state index in [9.17, 15) is 18.8 Å². The van der Waals surface area contributed by atoms with Crippen LogP contribution in [0.3, 0.4) is 0 Å². The van der Waals surface area contributed by atoms with Crippen molar-refractivity contribution in [3.05, 3.63) is 40.3 Å². The molecular formula is C23H25F2N7O2. The lowest BCUT2D eigenvalue weighted by molar-refractivity contribution is -0.108. The minimum Gasteiger partial charge on any atom is -0.496 e. The highest BCUT2D eigenvalue weighted by Gasteiger charge is 2.34. The van der Waals surface area contributed by atoms with Crippen LogP contribution in [0.25, 0.3) is 11.0 Å². The predicted octanol–water partition coefficient (Wildman–Crippen LogP) is 3.13. The lowest BCUT2D eigenvalue weighted by atomic mass is 9.83. The maximum atomic E-state index is 13.7. The number of anilines is 1. The molecule has 1 atom stereocenters. The van der Waals surface area contributed by atoms with Gasteiger partial charge >= 0.3 is 0 Å². The number of aromatic nitrogens is 4. The van der Waals surface area contributed by atoms with E-state index in [-0.39, 0.29) is 22.8 Å². The number of benzene rings is 1. The van der Waals surface area contributed by atoms with Gasteiger partial charge in [-0.25, -0.2) is 23.4 Å². The van der Waals surface area contributed by atoms with Gasteiger partial charge in [0.15, 0.2) is 5.65 Å². The van der Waals surface area contributed by atoms with Gasteiger partial charge in [-0.1, -0.05) is 0 Å². The second kappa shape index (κ2) is 9.30. The van der Waals surface area contributed by atoms with Gasteiger partial charge in [0.1, 0.15) is 29.9 Å². The van der Waals surface area contributed by atoms with Gasteiger partial charge < -0.3 is 20.2 Å². The number of nitriles is 1. The number of likely N-dealkylation sites (tertiary alicyclic amines) is 1. The van der Waals surface area contributed by atoms with Gasteiger partial charge in [-0.05, 0) is 25.5 Å². The van der Waals surface area contributed by atoms with E-state index in [0.29, 0.717) is 29.8 Å². The summed E-state index contributed by atoms with van der Waals surface area (Å²) in [6, 6.07) is 3.37. The molecule has 34 heavy (non-hydrogen) atoms. The van der Waals surface area contributed by atoms with Gasteiger partial charge in [-0.15, -0.1) is 0 Å². The molecular weight excluding hydrogens is 444 g/mol. The molecule has 0 spiro atoms. The van der Waals surface area contributed by atoms with Gasteiger partial charge in [0, 0.05) is 43.1 Å². The van der Waals surface area contributed by atoms with E-state index in [2.05, 4.69) is 26.0 Å². The number of methoxy groups -OCH3 is 1. The number of carbonyl (C=O) groups excluding carboxylic acids is 1. The summed E-state index contributed by atoms with van der Waals surface area (Å²) < 4.78 is 34.7. The summed E-state index contributed by atoms with van der Waals surface area (Å²) in [5, 5.41) is 14.0. The number of halogens is 2. The van der Waals surface area contributed by atoms with Crippen molar-refractivity contribution in [3.63, 3.8) is 0 Å². The van der Waals surface area contributed by atoms with Crippen LogP contribution in [-0.2, 0) is 4.79 Å². The number of aldehydes is 1. The third-order valence-corrected chi connectivity index (χ3v) is 6.44. The molecule has 0 bridgehead atoms. The zero-order valence-electron chi connectivity index (χ0n) is 19.1. The maximum absolute atomic E-state index is 13.7. The summed E-state index contributed by atoms with van der Waals surface area (Å²) in [7, 11) is 1.55. The molecule has 1 aromatic carbocycles. The van der Waals surface area contributed by atoms with E-state index < -0.39 is 18.2 Å². The van der Waals surface area contributed by atoms with Crippen molar-refractivity contribution in [2.24, 2.45) is 0 Å². The van der Waals surface area contributed by atoms with E-state index >= 15 is 0 Å². The first-order chi connectivity index (χ1) is 16.3. The monoisotopic (exact) mass is 469 g/mol. The number of nitrogens with two attached hydrogens (primary N) is 1. The topological polar surface area (TPSA) is 123 Å². The molecule has 3 aromatic rings. The number of rotatable bonds is 8. The molecule has 1 aliphatic rings. The van der Waals surface area contributed by atoms with Crippen molar-refractivity contribution in [1.82, 2.24) is 24.6 Å². The minimum absolute atomic E-state index is 0.0148. The SMILES string of the molecule is COc1c(C(C)n2nc(C(F)F)c3c(N)ncnc32)cc(C#N)c(C)c1C1CN(CCC=O)C1. The molecule has 1 fully saturated rings. The molecule has 2 aromatic heterocycles. The average molecular weight is 469 g/mol. The number of nitrogens with zero attached hydrogens (tertiary/aromatic N) is 6. The van der Waals surface area contributed by atoms with E-state index in [1.54, 1.807) is 20.1 Å². The smallest absolute Gasteiger partial charge is 0.282 e. The normalized spacial score (nSPS) is 15.3. The Labute approximate surface area is 195 Å². The van der Waals surface area contributed by atoms with Gasteiger partial charge in [-0.3, -0.25) is 0 Å². The molecule has 0 saturated carbocycles. The number of ether oxygens (including phenoxy) is 1. The van der Waals surface area contributed by atoms with Gasteiger partial charge in [0.05, 0.1) is 30.2 Å². The molecule has 11 heteroatoms. The zero-order valence-corrected chi connectivity index (χ0v) is 19.1. The molecule has 0 aliphatic carbocycles. The maximum Gasteiger partial charge on any atom is 0.282 e. The Balaban J connectivity index is 1.83. The summed E-state index contributed by atoms with van der Waals surface area (Å²) in [4.78, 5) is 20.9. The van der Waals surface area contributed by atoms with Crippen LogP contribution in [0.5, 0.6) is 5.75 Å². The molecule has 0 amide bonds. The highest BCUT2D eigenvalue weighted by atomic mass is 19.3. The van der Waals surface area contributed by atoms with Crippen LogP contribution < -0.4 is 10.5 Å². The van der Waals surface area contributed by atoms with Crippen molar-refractivity contribution in [2.45, 2.75) is 38.7 Å². The van der Waals surface area contributed by atoms with Gasteiger partial charge in [0.25, 0.3) is 6.43 Å². The number of hydrogen-bond donors (Lipinski definition) is 1. The Hall–Kier alpha value is -3.65. The van der Waals surface area contributed by atoms with Crippen LogP contribution in [0, 0.1) is 18.3 Å². The first kappa shape index (κ1) is 23.5. The van der Waals surface area contributed by atoms with Crippen LogP contribution in [0.2, 0.25) is 0 Å². The molecule has 0 radical (unpaired) electrons. The largest absolute Gasteiger partial charge is 0.496 e. The molecule has 3 heterocycles.